The molecule has 0 radical (unpaired) electrons. The molecule has 8 atom stereocenters. The fraction of sp³-hybridized carbons (Fsp3) is 0.810. The van der Waals surface area contributed by atoms with E-state index < -0.39 is 0 Å². The summed E-state index contributed by atoms with van der Waals surface area (Å²) in [7, 11) is 0. The van der Waals surface area contributed by atoms with Crippen LogP contribution in [0.3, 0.4) is 0 Å². The fourth-order valence-electron chi connectivity index (χ4n) is 12.7. The van der Waals surface area contributed by atoms with E-state index in [1.165, 1.54) is 89.9 Å². The molecule has 1 aromatic rings. The first-order valence-corrected chi connectivity index (χ1v) is 19.4. The normalized spacial score (nSPS) is 39.9. The lowest BCUT2D eigenvalue weighted by molar-refractivity contribution is -0.0460. The van der Waals surface area contributed by atoms with Gasteiger partial charge in [-0.25, -0.2) is 9.59 Å². The van der Waals surface area contributed by atoms with E-state index in [1.54, 1.807) is 24.3 Å². The molecule has 7 rings (SSSR count). The van der Waals surface area contributed by atoms with Crippen LogP contribution in [0.15, 0.2) is 24.3 Å². The van der Waals surface area contributed by atoms with Crippen LogP contribution < -0.4 is 0 Å². The molecule has 0 spiro atoms. The van der Waals surface area contributed by atoms with Crippen LogP contribution in [0.4, 0.5) is 0 Å². The third-order valence-electron chi connectivity index (χ3n) is 16.3. The molecule has 6 saturated carbocycles. The molecule has 0 saturated heterocycles. The van der Waals surface area contributed by atoms with Crippen molar-refractivity contribution in [1.29, 1.82) is 0 Å². The number of hydrogen-bond donors (Lipinski definition) is 0. The Morgan fingerprint density at radius 3 is 1.26 bits per heavy atom. The molecular weight excluding hydrogens is 568 g/mol. The Morgan fingerprint density at radius 2 is 0.913 bits per heavy atom. The monoisotopic (exact) mass is 630 g/mol. The van der Waals surface area contributed by atoms with Crippen molar-refractivity contribution < 1.29 is 19.1 Å². The quantitative estimate of drug-likeness (QED) is 0.268. The molecule has 46 heavy (non-hydrogen) atoms. The van der Waals surface area contributed by atoms with Gasteiger partial charge in [0.25, 0.3) is 0 Å². The number of fused-ring (bicyclic) bond motifs is 4. The molecular formula is C42H62O4. The SMILES string of the molecule is CC1(C)[C@H]2CC[C@]1(C)[C@@H](OC(=O)c1ccc(C(=O)O[C@H]3[C@@H](CC4CCCCC4)[C@@H]4CC[C@@]3(C)C4(C)C)cc1)[C@H]2CC1CCCCC1. The van der Waals surface area contributed by atoms with Crippen LogP contribution in [-0.2, 0) is 9.47 Å². The second-order valence-electron chi connectivity index (χ2n) is 18.6. The Bertz CT molecular complexity index is 1180. The van der Waals surface area contributed by atoms with Gasteiger partial charge in [-0.1, -0.05) is 106 Å². The maximum Gasteiger partial charge on any atom is 0.338 e. The average Bonchev–Trinajstić information content (AvgIpc) is 3.54. The van der Waals surface area contributed by atoms with Crippen LogP contribution in [0.5, 0.6) is 0 Å². The summed E-state index contributed by atoms with van der Waals surface area (Å²) >= 11 is 0. The van der Waals surface area contributed by atoms with Crippen LogP contribution in [0, 0.1) is 57.2 Å². The Morgan fingerprint density at radius 1 is 0.565 bits per heavy atom. The van der Waals surface area contributed by atoms with Crippen molar-refractivity contribution in [2.45, 2.75) is 156 Å². The number of esters is 2. The Hall–Kier alpha value is -1.84. The van der Waals surface area contributed by atoms with E-state index in [-0.39, 0.29) is 45.8 Å². The van der Waals surface area contributed by atoms with Crippen molar-refractivity contribution in [2.24, 2.45) is 57.2 Å². The zero-order chi connectivity index (χ0) is 32.5. The van der Waals surface area contributed by atoms with Crippen molar-refractivity contribution in [3.63, 3.8) is 0 Å². The predicted molar refractivity (Wildman–Crippen MR) is 183 cm³/mol. The van der Waals surface area contributed by atoms with Gasteiger partial charge in [0.05, 0.1) is 11.1 Å². The van der Waals surface area contributed by atoms with Gasteiger partial charge in [0.15, 0.2) is 0 Å². The molecule has 6 aliphatic rings. The van der Waals surface area contributed by atoms with Gasteiger partial charge in [-0.15, -0.1) is 0 Å². The fourth-order valence-corrected chi connectivity index (χ4v) is 12.7. The molecule has 6 fully saturated rings. The van der Waals surface area contributed by atoms with E-state index in [0.717, 1.165) is 24.7 Å². The first-order valence-electron chi connectivity index (χ1n) is 19.4. The van der Waals surface area contributed by atoms with Gasteiger partial charge >= 0.3 is 11.9 Å². The van der Waals surface area contributed by atoms with E-state index >= 15 is 0 Å². The number of carbonyl (C=O) groups excluding carboxylic acids is 2. The zero-order valence-corrected chi connectivity index (χ0v) is 29.9. The summed E-state index contributed by atoms with van der Waals surface area (Å²) in [6.07, 6.45) is 20.6. The van der Waals surface area contributed by atoms with Gasteiger partial charge in [0.1, 0.15) is 12.2 Å². The number of benzene rings is 1. The third-order valence-corrected chi connectivity index (χ3v) is 16.3. The molecule has 0 unspecified atom stereocenters. The summed E-state index contributed by atoms with van der Waals surface area (Å²) in [5.74, 6) is 3.20. The predicted octanol–water partition coefficient (Wildman–Crippen LogP) is 10.8. The van der Waals surface area contributed by atoms with Crippen LogP contribution in [0.1, 0.15) is 165 Å². The summed E-state index contributed by atoms with van der Waals surface area (Å²) in [5, 5.41) is 0. The van der Waals surface area contributed by atoms with Gasteiger partial charge in [-0.2, -0.15) is 0 Å². The Balaban J connectivity index is 1.04. The molecule has 4 bridgehead atoms. The minimum Gasteiger partial charge on any atom is -0.458 e. The van der Waals surface area contributed by atoms with Crippen LogP contribution in [0.25, 0.3) is 0 Å². The molecule has 4 nitrogen and oxygen atoms in total. The largest absolute Gasteiger partial charge is 0.458 e. The summed E-state index contributed by atoms with van der Waals surface area (Å²) in [6, 6.07) is 7.17. The van der Waals surface area contributed by atoms with Crippen LogP contribution in [-0.4, -0.2) is 24.1 Å². The van der Waals surface area contributed by atoms with Crippen LogP contribution >= 0.6 is 0 Å². The van der Waals surface area contributed by atoms with Crippen molar-refractivity contribution in [1.82, 2.24) is 0 Å². The Labute approximate surface area is 279 Å². The molecule has 0 amide bonds. The van der Waals surface area contributed by atoms with Gasteiger partial charge in [0, 0.05) is 22.7 Å². The number of ether oxygens (including phenoxy) is 2. The van der Waals surface area contributed by atoms with Crippen molar-refractivity contribution in [3.05, 3.63) is 35.4 Å². The second-order valence-corrected chi connectivity index (χ2v) is 18.6. The summed E-state index contributed by atoms with van der Waals surface area (Å²) < 4.78 is 13.1. The van der Waals surface area contributed by atoms with Gasteiger partial charge in [0.2, 0.25) is 0 Å². The lowest BCUT2D eigenvalue weighted by Gasteiger charge is -2.40. The van der Waals surface area contributed by atoms with Gasteiger partial charge < -0.3 is 9.47 Å². The third kappa shape index (κ3) is 5.12. The molecule has 0 aliphatic heterocycles. The van der Waals surface area contributed by atoms with E-state index in [9.17, 15) is 9.59 Å². The first-order chi connectivity index (χ1) is 21.9. The van der Waals surface area contributed by atoms with Crippen LogP contribution in [0.2, 0.25) is 0 Å². The standard InChI is InChI=1S/C42H62O4/c1-39(2)33-21-23-41(39,5)35(31(33)25-27-13-9-7-10-14-27)45-37(43)29-17-19-30(20-18-29)38(44)46-36-32(26-28-15-11-8-12-16-28)34-22-24-42(36,6)40(34,3)4/h17-20,27-28,31-36H,7-16,21-26H2,1-6H3/t31-,32-,33-,34-,35-,36-,41+,42+/m0/s1. The average molecular weight is 631 g/mol. The lowest BCUT2D eigenvalue weighted by atomic mass is 9.69. The lowest BCUT2D eigenvalue weighted by Crippen LogP contribution is -2.41. The van der Waals surface area contributed by atoms with Crippen molar-refractivity contribution >= 4 is 11.9 Å². The topological polar surface area (TPSA) is 52.6 Å². The highest BCUT2D eigenvalue weighted by Gasteiger charge is 2.68. The molecule has 1 aromatic carbocycles. The van der Waals surface area contributed by atoms with E-state index in [0.29, 0.717) is 34.8 Å². The molecule has 0 N–H and O–H groups in total. The van der Waals surface area contributed by atoms with Crippen molar-refractivity contribution in [3.8, 4) is 0 Å². The second kappa shape index (κ2) is 11.9. The molecule has 254 valence electrons. The summed E-state index contributed by atoms with van der Waals surface area (Å²) in [5.41, 5.74) is 1.44. The number of hydrogen-bond acceptors (Lipinski definition) is 4. The number of carbonyl (C=O) groups is 2. The maximum atomic E-state index is 13.7. The Kier molecular flexibility index (Phi) is 8.49. The van der Waals surface area contributed by atoms with E-state index in [1.807, 2.05) is 0 Å². The van der Waals surface area contributed by atoms with E-state index in [4.69, 9.17) is 9.47 Å². The van der Waals surface area contributed by atoms with Crippen molar-refractivity contribution in [2.75, 3.05) is 0 Å². The number of rotatable bonds is 8. The minimum absolute atomic E-state index is 0.00905. The van der Waals surface area contributed by atoms with Gasteiger partial charge in [-0.3, -0.25) is 0 Å². The minimum atomic E-state index is -0.238. The zero-order valence-electron chi connectivity index (χ0n) is 29.9. The summed E-state index contributed by atoms with van der Waals surface area (Å²) in [4.78, 5) is 27.4. The van der Waals surface area contributed by atoms with Gasteiger partial charge in [-0.05, 0) is 97.3 Å². The molecule has 4 heteroatoms. The first kappa shape index (κ1) is 32.7. The van der Waals surface area contributed by atoms with E-state index in [2.05, 4.69) is 41.5 Å². The smallest absolute Gasteiger partial charge is 0.338 e. The highest BCUT2D eigenvalue weighted by atomic mass is 16.6. The molecule has 0 aromatic heterocycles. The molecule has 0 heterocycles. The highest BCUT2D eigenvalue weighted by Crippen LogP contribution is 2.71. The molecule has 6 aliphatic carbocycles. The highest BCUT2D eigenvalue weighted by molar-refractivity contribution is 5.93. The maximum absolute atomic E-state index is 13.7. The summed E-state index contributed by atoms with van der Waals surface area (Å²) in [6.45, 7) is 14.4.